The molecule has 0 radical (unpaired) electrons. The average molecular weight is 402 g/mol. The van der Waals surface area contributed by atoms with E-state index in [9.17, 15) is 9.59 Å². The van der Waals surface area contributed by atoms with Crippen molar-refractivity contribution in [2.45, 2.75) is 19.6 Å². The maximum absolute atomic E-state index is 12.1. The molecule has 1 aliphatic rings. The molecule has 0 N–H and O–H groups in total. The van der Waals surface area contributed by atoms with Crippen LogP contribution >= 0.6 is 0 Å². The van der Waals surface area contributed by atoms with Gasteiger partial charge in [-0.1, -0.05) is 18.2 Å². The molecule has 1 aromatic heterocycles. The number of rotatable bonds is 4. The second-order valence-corrected chi connectivity index (χ2v) is 7.02. The van der Waals surface area contributed by atoms with Gasteiger partial charge in [0.15, 0.2) is 0 Å². The van der Waals surface area contributed by atoms with E-state index in [0.29, 0.717) is 17.2 Å². The van der Waals surface area contributed by atoms with Crippen LogP contribution in [-0.2, 0) is 19.1 Å². The summed E-state index contributed by atoms with van der Waals surface area (Å²) in [4.78, 5) is 24.1. The molecule has 4 rings (SSSR count). The summed E-state index contributed by atoms with van der Waals surface area (Å²) in [6.45, 7) is 2.99. The maximum atomic E-state index is 12.1. The van der Waals surface area contributed by atoms with Gasteiger partial charge in [-0.3, -0.25) is 0 Å². The number of carbonyl (C=O) groups excluding carboxylic acids is 2. The van der Waals surface area contributed by atoms with Gasteiger partial charge < -0.3 is 13.9 Å². The van der Waals surface area contributed by atoms with Gasteiger partial charge in [-0.25, -0.2) is 9.59 Å². The Kier molecular flexibility index (Phi) is 5.02. The molecule has 0 saturated carbocycles. The van der Waals surface area contributed by atoms with E-state index in [2.05, 4.69) is 10.2 Å². The minimum absolute atomic E-state index is 0.216. The Morgan fingerprint density at radius 2 is 1.37 bits per heavy atom. The van der Waals surface area contributed by atoms with Gasteiger partial charge in [-0.15, -0.1) is 0 Å². The zero-order valence-corrected chi connectivity index (χ0v) is 16.4. The third-order valence-corrected chi connectivity index (χ3v) is 4.22. The summed E-state index contributed by atoms with van der Waals surface area (Å²) in [6.07, 6.45) is 1.31. The molecule has 0 spiro atoms. The van der Waals surface area contributed by atoms with Crippen molar-refractivity contribution in [2.75, 3.05) is 0 Å². The fraction of sp³-hybridized carbons (Fsp3) is 0.130. The van der Waals surface area contributed by atoms with E-state index < -0.39 is 17.7 Å². The van der Waals surface area contributed by atoms with Crippen molar-refractivity contribution in [3.8, 4) is 11.3 Å². The van der Waals surface area contributed by atoms with Crippen LogP contribution in [-0.4, -0.2) is 17.7 Å². The number of benzene rings is 2. The highest BCUT2D eigenvalue weighted by atomic mass is 16.7. The van der Waals surface area contributed by atoms with E-state index in [-0.39, 0.29) is 5.57 Å². The summed E-state index contributed by atoms with van der Waals surface area (Å²) in [7, 11) is 0. The van der Waals surface area contributed by atoms with Crippen LogP contribution < -0.4 is 0 Å². The number of hydrogen-bond donors (Lipinski definition) is 0. The van der Waals surface area contributed by atoms with Crippen LogP contribution in [0.25, 0.3) is 17.4 Å². The van der Waals surface area contributed by atoms with E-state index in [1.54, 1.807) is 12.1 Å². The standard InChI is InChI=1S/C23H18N2O5/c1-23(2)29-21(26)19(22(27)30-23)14-18-12-13-20(28-18)15-8-10-17(11-9-15)25-24-16-6-4-3-5-7-16/h3-14H,1-2H3. The number of esters is 2. The Morgan fingerprint density at radius 1 is 0.767 bits per heavy atom. The lowest BCUT2D eigenvalue weighted by Crippen LogP contribution is -2.41. The summed E-state index contributed by atoms with van der Waals surface area (Å²) in [5, 5.41) is 8.38. The molecule has 0 amide bonds. The summed E-state index contributed by atoms with van der Waals surface area (Å²) < 4.78 is 15.9. The first-order chi connectivity index (χ1) is 14.4. The Balaban J connectivity index is 1.50. The van der Waals surface area contributed by atoms with Crippen molar-refractivity contribution >= 4 is 29.4 Å². The van der Waals surface area contributed by atoms with Crippen LogP contribution in [0.2, 0.25) is 0 Å². The number of ether oxygens (including phenoxy) is 2. The highest BCUT2D eigenvalue weighted by Gasteiger charge is 2.39. The van der Waals surface area contributed by atoms with E-state index in [1.165, 1.54) is 19.9 Å². The monoisotopic (exact) mass is 402 g/mol. The van der Waals surface area contributed by atoms with Gasteiger partial charge in [-0.2, -0.15) is 10.2 Å². The van der Waals surface area contributed by atoms with Gasteiger partial charge in [0.2, 0.25) is 0 Å². The third-order valence-electron chi connectivity index (χ3n) is 4.22. The van der Waals surface area contributed by atoms with Crippen LogP contribution in [0.3, 0.4) is 0 Å². The molecule has 0 atom stereocenters. The Morgan fingerprint density at radius 3 is 2.00 bits per heavy atom. The molecular weight excluding hydrogens is 384 g/mol. The van der Waals surface area contributed by atoms with Crippen molar-refractivity contribution in [1.29, 1.82) is 0 Å². The highest BCUT2D eigenvalue weighted by Crippen LogP contribution is 2.28. The molecule has 1 saturated heterocycles. The van der Waals surface area contributed by atoms with Crippen molar-refractivity contribution in [2.24, 2.45) is 10.2 Å². The number of nitrogens with zero attached hydrogens (tertiary/aromatic N) is 2. The van der Waals surface area contributed by atoms with Gasteiger partial charge in [0, 0.05) is 25.5 Å². The zero-order valence-electron chi connectivity index (χ0n) is 16.4. The minimum atomic E-state index is -1.28. The van der Waals surface area contributed by atoms with Crippen LogP contribution in [0.4, 0.5) is 11.4 Å². The predicted octanol–water partition coefficient (Wildman–Crippen LogP) is 5.58. The number of azo groups is 1. The van der Waals surface area contributed by atoms with Crippen molar-refractivity contribution in [1.82, 2.24) is 0 Å². The molecule has 1 fully saturated rings. The molecular formula is C23H18N2O5. The molecule has 3 aromatic rings. The second-order valence-electron chi connectivity index (χ2n) is 7.02. The van der Waals surface area contributed by atoms with E-state index in [4.69, 9.17) is 13.9 Å². The molecule has 0 bridgehead atoms. The second kappa shape index (κ2) is 7.79. The highest BCUT2D eigenvalue weighted by molar-refractivity contribution is 6.18. The minimum Gasteiger partial charge on any atom is -0.457 e. The molecule has 7 nitrogen and oxygen atoms in total. The Hall–Kier alpha value is -4.00. The lowest BCUT2D eigenvalue weighted by atomic mass is 10.1. The molecule has 30 heavy (non-hydrogen) atoms. The predicted molar refractivity (Wildman–Crippen MR) is 109 cm³/mol. The van der Waals surface area contributed by atoms with Crippen molar-refractivity contribution in [3.63, 3.8) is 0 Å². The smallest absolute Gasteiger partial charge is 0.348 e. The van der Waals surface area contributed by atoms with Crippen LogP contribution in [0, 0.1) is 0 Å². The SMILES string of the molecule is CC1(C)OC(=O)C(=Cc2ccc(-c3ccc(N=Nc4ccccc4)cc3)o2)C(=O)O1. The number of hydrogen-bond acceptors (Lipinski definition) is 7. The molecule has 0 unspecified atom stereocenters. The average Bonchev–Trinajstić information content (AvgIpc) is 3.18. The van der Waals surface area contributed by atoms with Gasteiger partial charge in [-0.05, 0) is 48.5 Å². The normalized spacial score (nSPS) is 15.7. The molecule has 2 aromatic carbocycles. The first-order valence-corrected chi connectivity index (χ1v) is 9.25. The quantitative estimate of drug-likeness (QED) is 0.246. The van der Waals surface area contributed by atoms with Crippen molar-refractivity contribution in [3.05, 3.63) is 78.1 Å². The first-order valence-electron chi connectivity index (χ1n) is 9.25. The summed E-state index contributed by atoms with van der Waals surface area (Å²) in [6, 6.07) is 20.2. The van der Waals surface area contributed by atoms with Gasteiger partial charge in [0.1, 0.15) is 17.1 Å². The molecule has 150 valence electrons. The summed E-state index contributed by atoms with van der Waals surface area (Å²) in [5.41, 5.74) is 2.07. The first kappa shape index (κ1) is 19.3. The largest absolute Gasteiger partial charge is 0.457 e. The number of cyclic esters (lactones) is 2. The fourth-order valence-electron chi connectivity index (χ4n) is 2.81. The number of carbonyl (C=O) groups is 2. The Labute approximate surface area is 172 Å². The number of furan rings is 1. The van der Waals surface area contributed by atoms with E-state index >= 15 is 0 Å². The molecule has 1 aliphatic heterocycles. The molecule has 2 heterocycles. The maximum Gasteiger partial charge on any atom is 0.348 e. The molecule has 0 aliphatic carbocycles. The lowest BCUT2D eigenvalue weighted by Gasteiger charge is -2.29. The van der Waals surface area contributed by atoms with Crippen LogP contribution in [0.15, 0.2) is 86.9 Å². The van der Waals surface area contributed by atoms with Gasteiger partial charge in [0.25, 0.3) is 5.79 Å². The van der Waals surface area contributed by atoms with Crippen LogP contribution in [0.1, 0.15) is 19.6 Å². The topological polar surface area (TPSA) is 90.5 Å². The van der Waals surface area contributed by atoms with Gasteiger partial charge in [0.05, 0.1) is 11.4 Å². The Bertz CT molecular complexity index is 1120. The van der Waals surface area contributed by atoms with E-state index in [0.717, 1.165) is 11.3 Å². The summed E-state index contributed by atoms with van der Waals surface area (Å²) in [5.74, 6) is -1.86. The van der Waals surface area contributed by atoms with Crippen molar-refractivity contribution < 1.29 is 23.5 Å². The van der Waals surface area contributed by atoms with Crippen LogP contribution in [0.5, 0.6) is 0 Å². The summed E-state index contributed by atoms with van der Waals surface area (Å²) >= 11 is 0. The lowest BCUT2D eigenvalue weighted by molar-refractivity contribution is -0.222. The molecule has 7 heteroatoms. The zero-order chi connectivity index (χ0) is 21.1. The third kappa shape index (κ3) is 4.35. The fourth-order valence-corrected chi connectivity index (χ4v) is 2.81. The van der Waals surface area contributed by atoms with E-state index in [1.807, 2.05) is 54.6 Å². The van der Waals surface area contributed by atoms with Gasteiger partial charge >= 0.3 is 11.9 Å².